The Bertz CT molecular complexity index is 533. The van der Waals surface area contributed by atoms with E-state index in [1.807, 2.05) is 12.1 Å². The molecule has 2 unspecified atom stereocenters. The Morgan fingerprint density at radius 1 is 1.24 bits per heavy atom. The van der Waals surface area contributed by atoms with Crippen molar-refractivity contribution in [1.82, 2.24) is 0 Å². The topological polar surface area (TPSA) is 49.8 Å². The lowest BCUT2D eigenvalue weighted by atomic mass is 9.79. The molecule has 0 radical (unpaired) electrons. The summed E-state index contributed by atoms with van der Waals surface area (Å²) < 4.78 is 5.67. The standard InChI is InChI=1S/C17H23NO3/c1-11-8-12(2)10-13(9-11)18-6-7-21-16-14(17(19)20)4-3-5-15(16)18/h3-5,11-13H,6-10H2,1-2H3,(H,19,20). The molecule has 1 aromatic carbocycles. The number of ether oxygens (including phenoxy) is 1. The number of aromatic carboxylic acids is 1. The lowest BCUT2D eigenvalue weighted by Crippen LogP contribution is -2.45. The second-order valence-corrected chi connectivity index (χ2v) is 6.57. The SMILES string of the molecule is CC1CC(C)CC(N2CCOc3c(C(=O)O)cccc32)C1. The van der Waals surface area contributed by atoms with Crippen LogP contribution in [0.2, 0.25) is 0 Å². The molecule has 1 fully saturated rings. The van der Waals surface area contributed by atoms with E-state index in [1.54, 1.807) is 6.07 Å². The Morgan fingerprint density at radius 2 is 1.95 bits per heavy atom. The van der Waals surface area contributed by atoms with Gasteiger partial charge >= 0.3 is 5.97 Å². The van der Waals surface area contributed by atoms with Crippen LogP contribution in [0.1, 0.15) is 43.5 Å². The van der Waals surface area contributed by atoms with Crippen LogP contribution < -0.4 is 9.64 Å². The first-order valence-corrected chi connectivity index (χ1v) is 7.82. The first kappa shape index (κ1) is 14.2. The fourth-order valence-electron chi connectivity index (χ4n) is 3.98. The molecule has 1 aliphatic carbocycles. The molecule has 1 N–H and O–H groups in total. The maximum Gasteiger partial charge on any atom is 0.339 e. The molecular formula is C17H23NO3. The molecule has 3 rings (SSSR count). The molecule has 0 aromatic heterocycles. The zero-order chi connectivity index (χ0) is 15.0. The molecule has 0 amide bonds. The van der Waals surface area contributed by atoms with Crippen LogP contribution in [0.3, 0.4) is 0 Å². The minimum absolute atomic E-state index is 0.272. The summed E-state index contributed by atoms with van der Waals surface area (Å²) in [5.74, 6) is 1.08. The monoisotopic (exact) mass is 289 g/mol. The first-order chi connectivity index (χ1) is 10.1. The fourth-order valence-corrected chi connectivity index (χ4v) is 3.98. The highest BCUT2D eigenvalue weighted by Crippen LogP contribution is 2.40. The Morgan fingerprint density at radius 3 is 2.62 bits per heavy atom. The number of hydrogen-bond acceptors (Lipinski definition) is 3. The minimum atomic E-state index is -0.918. The molecule has 4 heteroatoms. The molecular weight excluding hydrogens is 266 g/mol. The summed E-state index contributed by atoms with van der Waals surface area (Å²) in [6.45, 7) is 6.05. The molecule has 1 aromatic rings. The zero-order valence-electron chi connectivity index (χ0n) is 12.7. The van der Waals surface area contributed by atoms with Gasteiger partial charge in [-0.05, 0) is 43.2 Å². The average molecular weight is 289 g/mol. The van der Waals surface area contributed by atoms with Gasteiger partial charge < -0.3 is 14.7 Å². The van der Waals surface area contributed by atoms with Crippen molar-refractivity contribution in [2.45, 2.75) is 39.2 Å². The molecule has 2 atom stereocenters. The molecule has 1 saturated carbocycles. The van der Waals surface area contributed by atoms with Gasteiger partial charge in [-0.3, -0.25) is 0 Å². The number of hydrogen-bond donors (Lipinski definition) is 1. The second kappa shape index (κ2) is 5.58. The van der Waals surface area contributed by atoms with Gasteiger partial charge in [0.2, 0.25) is 0 Å². The van der Waals surface area contributed by atoms with E-state index in [0.29, 0.717) is 18.4 Å². The Labute approximate surface area is 125 Å². The van der Waals surface area contributed by atoms with Crippen LogP contribution in [0.5, 0.6) is 5.75 Å². The highest BCUT2D eigenvalue weighted by Gasteiger charge is 2.32. The van der Waals surface area contributed by atoms with Gasteiger partial charge in [-0.15, -0.1) is 0 Å². The van der Waals surface area contributed by atoms with Crippen molar-refractivity contribution in [3.63, 3.8) is 0 Å². The molecule has 4 nitrogen and oxygen atoms in total. The van der Waals surface area contributed by atoms with Crippen LogP contribution in [0.4, 0.5) is 5.69 Å². The van der Waals surface area contributed by atoms with E-state index in [0.717, 1.165) is 24.1 Å². The number of anilines is 1. The van der Waals surface area contributed by atoms with Crippen LogP contribution in [-0.4, -0.2) is 30.3 Å². The number of carboxylic acids is 1. The van der Waals surface area contributed by atoms with Crippen molar-refractivity contribution in [3.05, 3.63) is 23.8 Å². The zero-order valence-corrected chi connectivity index (χ0v) is 12.7. The van der Waals surface area contributed by atoms with Crippen molar-refractivity contribution >= 4 is 11.7 Å². The van der Waals surface area contributed by atoms with Gasteiger partial charge in [0, 0.05) is 6.04 Å². The van der Waals surface area contributed by atoms with Crippen LogP contribution >= 0.6 is 0 Å². The predicted octanol–water partition coefficient (Wildman–Crippen LogP) is 3.41. The Kier molecular flexibility index (Phi) is 3.79. The van der Waals surface area contributed by atoms with Gasteiger partial charge in [-0.25, -0.2) is 4.79 Å². The minimum Gasteiger partial charge on any atom is -0.489 e. The number of fused-ring (bicyclic) bond motifs is 1. The lowest BCUT2D eigenvalue weighted by molar-refractivity contribution is 0.0691. The largest absolute Gasteiger partial charge is 0.489 e. The van der Waals surface area contributed by atoms with Crippen LogP contribution in [0.25, 0.3) is 0 Å². The number of carboxylic acid groups (broad SMARTS) is 1. The summed E-state index contributed by atoms with van der Waals surface area (Å²) >= 11 is 0. The molecule has 0 bridgehead atoms. The molecule has 1 aliphatic heterocycles. The number of carbonyl (C=O) groups is 1. The van der Waals surface area contributed by atoms with Gasteiger partial charge in [0.25, 0.3) is 0 Å². The number of benzene rings is 1. The third-order valence-corrected chi connectivity index (χ3v) is 4.71. The number of nitrogens with zero attached hydrogens (tertiary/aromatic N) is 1. The lowest BCUT2D eigenvalue weighted by Gasteiger charge is -2.43. The van der Waals surface area contributed by atoms with E-state index >= 15 is 0 Å². The first-order valence-electron chi connectivity index (χ1n) is 7.82. The van der Waals surface area contributed by atoms with E-state index in [-0.39, 0.29) is 5.56 Å². The average Bonchev–Trinajstić information content (AvgIpc) is 2.44. The molecule has 0 spiro atoms. The van der Waals surface area contributed by atoms with E-state index in [9.17, 15) is 9.90 Å². The van der Waals surface area contributed by atoms with Crippen molar-refractivity contribution in [2.75, 3.05) is 18.1 Å². The van der Waals surface area contributed by atoms with E-state index in [2.05, 4.69) is 18.7 Å². The molecule has 0 saturated heterocycles. The van der Waals surface area contributed by atoms with Gasteiger partial charge in [0.1, 0.15) is 12.2 Å². The summed E-state index contributed by atoms with van der Waals surface area (Å²) in [5.41, 5.74) is 1.22. The van der Waals surface area contributed by atoms with Crippen LogP contribution in [0, 0.1) is 11.8 Å². The van der Waals surface area contributed by atoms with Crippen LogP contribution in [0.15, 0.2) is 18.2 Å². The summed E-state index contributed by atoms with van der Waals surface area (Å²) in [6.07, 6.45) is 3.66. The Hall–Kier alpha value is -1.71. The normalized spacial score (nSPS) is 28.7. The van der Waals surface area contributed by atoms with Gasteiger partial charge in [-0.1, -0.05) is 19.9 Å². The van der Waals surface area contributed by atoms with E-state index in [4.69, 9.17) is 4.74 Å². The quantitative estimate of drug-likeness (QED) is 0.906. The third-order valence-electron chi connectivity index (χ3n) is 4.71. The molecule has 114 valence electrons. The predicted molar refractivity (Wildman–Crippen MR) is 82.2 cm³/mol. The highest BCUT2D eigenvalue weighted by atomic mass is 16.5. The summed E-state index contributed by atoms with van der Waals surface area (Å²) in [5, 5.41) is 9.32. The number of para-hydroxylation sites is 1. The van der Waals surface area contributed by atoms with E-state index in [1.165, 1.54) is 19.3 Å². The maximum atomic E-state index is 11.4. The maximum absolute atomic E-state index is 11.4. The van der Waals surface area contributed by atoms with Gasteiger partial charge in [-0.2, -0.15) is 0 Å². The second-order valence-electron chi connectivity index (χ2n) is 6.57. The summed E-state index contributed by atoms with van der Waals surface area (Å²) in [7, 11) is 0. The van der Waals surface area contributed by atoms with Crippen molar-refractivity contribution in [3.8, 4) is 5.75 Å². The van der Waals surface area contributed by atoms with E-state index < -0.39 is 5.97 Å². The third kappa shape index (κ3) is 2.71. The Balaban J connectivity index is 1.93. The molecule has 1 heterocycles. The molecule has 2 aliphatic rings. The molecule has 21 heavy (non-hydrogen) atoms. The summed E-state index contributed by atoms with van der Waals surface area (Å²) in [6, 6.07) is 5.93. The van der Waals surface area contributed by atoms with Crippen molar-refractivity contribution < 1.29 is 14.6 Å². The highest BCUT2D eigenvalue weighted by molar-refractivity contribution is 5.93. The van der Waals surface area contributed by atoms with Crippen molar-refractivity contribution in [1.29, 1.82) is 0 Å². The van der Waals surface area contributed by atoms with Crippen LogP contribution in [-0.2, 0) is 0 Å². The number of rotatable bonds is 2. The van der Waals surface area contributed by atoms with Crippen molar-refractivity contribution in [2.24, 2.45) is 11.8 Å². The van der Waals surface area contributed by atoms with Gasteiger partial charge in [0.05, 0.1) is 12.2 Å². The fraction of sp³-hybridized carbons (Fsp3) is 0.588. The van der Waals surface area contributed by atoms with Gasteiger partial charge in [0.15, 0.2) is 5.75 Å². The smallest absolute Gasteiger partial charge is 0.339 e. The summed E-state index contributed by atoms with van der Waals surface area (Å²) in [4.78, 5) is 13.7.